The van der Waals surface area contributed by atoms with E-state index in [2.05, 4.69) is 40.2 Å². The smallest absolute Gasteiger partial charge is 0.287 e. The number of fused-ring (bicyclic) bond motifs is 1. The zero-order chi connectivity index (χ0) is 21.4. The number of nitrogens with zero attached hydrogens (tertiary/aromatic N) is 3. The van der Waals surface area contributed by atoms with Crippen molar-refractivity contribution in [2.75, 3.05) is 24.5 Å². The first-order valence-corrected chi connectivity index (χ1v) is 11.7. The molecule has 0 saturated carbocycles. The average molecular weight is 432 g/mol. The fraction of sp³-hybridized carbons (Fsp3) is 0.320. The molecule has 0 radical (unpaired) electrons. The van der Waals surface area contributed by atoms with Crippen LogP contribution in [-0.2, 0) is 16.0 Å². The highest BCUT2D eigenvalue weighted by Gasteiger charge is 2.39. The largest absolute Gasteiger partial charge is 0.351 e. The van der Waals surface area contributed by atoms with Gasteiger partial charge in [0.05, 0.1) is 16.2 Å². The molecule has 31 heavy (non-hydrogen) atoms. The molecule has 0 spiro atoms. The van der Waals surface area contributed by atoms with Gasteiger partial charge in [-0.05, 0) is 55.5 Å². The van der Waals surface area contributed by atoms with Gasteiger partial charge in [-0.2, -0.15) is 4.99 Å². The molecule has 3 aliphatic rings. The normalized spacial score (nSPS) is 21.6. The van der Waals surface area contributed by atoms with Gasteiger partial charge in [0, 0.05) is 25.2 Å². The summed E-state index contributed by atoms with van der Waals surface area (Å²) in [7, 11) is 0. The summed E-state index contributed by atoms with van der Waals surface area (Å²) in [4.78, 5) is 34.6. The Morgan fingerprint density at radius 2 is 1.71 bits per heavy atom. The average Bonchev–Trinajstić information content (AvgIpc) is 3.31. The van der Waals surface area contributed by atoms with Gasteiger partial charge in [-0.25, -0.2) is 0 Å². The molecule has 0 bridgehead atoms. The maximum absolute atomic E-state index is 13.1. The Balaban J connectivity index is 1.31. The molecule has 2 aromatic carbocycles. The molecule has 0 unspecified atom stereocenters. The summed E-state index contributed by atoms with van der Waals surface area (Å²) in [5.74, 6) is 0.265. The number of thioether (sulfide) groups is 1. The summed E-state index contributed by atoms with van der Waals surface area (Å²) in [6.45, 7) is 4.32. The van der Waals surface area contributed by atoms with Crippen LogP contribution in [0.2, 0.25) is 0 Å². The van der Waals surface area contributed by atoms with E-state index in [1.54, 1.807) is 4.90 Å². The first kappa shape index (κ1) is 20.1. The van der Waals surface area contributed by atoms with E-state index in [9.17, 15) is 9.59 Å². The van der Waals surface area contributed by atoms with Crippen molar-refractivity contribution < 1.29 is 9.59 Å². The number of para-hydroxylation sites is 1. The molecule has 5 rings (SSSR count). The molecule has 5 nitrogen and oxygen atoms in total. The van der Waals surface area contributed by atoms with Crippen LogP contribution in [0.1, 0.15) is 30.9 Å². The van der Waals surface area contributed by atoms with E-state index in [-0.39, 0.29) is 11.8 Å². The number of likely N-dealkylation sites (tertiary alicyclic amines) is 1. The van der Waals surface area contributed by atoms with Crippen molar-refractivity contribution in [3.8, 4) is 0 Å². The van der Waals surface area contributed by atoms with Crippen LogP contribution in [0.4, 0.5) is 5.69 Å². The summed E-state index contributed by atoms with van der Waals surface area (Å²) in [6.07, 6.45) is 3.26. The molecule has 1 saturated heterocycles. The zero-order valence-electron chi connectivity index (χ0n) is 17.6. The quantitative estimate of drug-likeness (QED) is 0.678. The van der Waals surface area contributed by atoms with Crippen molar-refractivity contribution in [1.29, 1.82) is 0 Å². The third kappa shape index (κ3) is 3.69. The number of benzene rings is 2. The van der Waals surface area contributed by atoms with Crippen LogP contribution in [0.5, 0.6) is 0 Å². The van der Waals surface area contributed by atoms with Gasteiger partial charge in [-0.1, -0.05) is 48.5 Å². The third-order valence-corrected chi connectivity index (χ3v) is 7.42. The van der Waals surface area contributed by atoms with E-state index in [1.165, 1.54) is 17.3 Å². The summed E-state index contributed by atoms with van der Waals surface area (Å²) in [5, 5.41) is 0.742. The number of carbonyl (C=O) groups is 2. The first-order valence-electron chi connectivity index (χ1n) is 10.9. The predicted molar refractivity (Wildman–Crippen MR) is 126 cm³/mol. The third-order valence-electron chi connectivity index (χ3n) is 6.30. The first-order chi connectivity index (χ1) is 15.2. The number of aliphatic imine (C=N–C) groups is 1. The van der Waals surface area contributed by atoms with Crippen LogP contribution < -0.4 is 4.90 Å². The monoisotopic (exact) mass is 431 g/mol. The minimum absolute atomic E-state index is 0.0995. The molecular formula is C25H25N3O2S. The SMILES string of the molecule is CCN1C(=O)/C(=C2\SC(N3CCC(Cc4ccccc4)CC3)=NC2=O)c2ccccc21. The lowest BCUT2D eigenvalue weighted by Crippen LogP contribution is -2.37. The van der Waals surface area contributed by atoms with E-state index >= 15 is 0 Å². The highest BCUT2D eigenvalue weighted by molar-refractivity contribution is 8.18. The Hall–Kier alpha value is -2.86. The van der Waals surface area contributed by atoms with Crippen molar-refractivity contribution in [3.05, 3.63) is 70.6 Å². The number of amidine groups is 1. The molecule has 158 valence electrons. The van der Waals surface area contributed by atoms with Gasteiger partial charge >= 0.3 is 0 Å². The molecule has 2 aromatic rings. The summed E-state index contributed by atoms with van der Waals surface area (Å²) >= 11 is 1.37. The molecule has 0 aromatic heterocycles. The molecule has 0 N–H and O–H groups in total. The summed E-state index contributed by atoms with van der Waals surface area (Å²) in [5.41, 5.74) is 3.60. The number of carbonyl (C=O) groups excluding carboxylic acids is 2. The zero-order valence-corrected chi connectivity index (χ0v) is 18.4. The Bertz CT molecular complexity index is 1080. The number of rotatable bonds is 3. The maximum atomic E-state index is 13.1. The van der Waals surface area contributed by atoms with Gasteiger partial charge in [-0.15, -0.1) is 0 Å². The van der Waals surface area contributed by atoms with Crippen LogP contribution in [0.25, 0.3) is 5.57 Å². The van der Waals surface area contributed by atoms with E-state index in [1.807, 2.05) is 31.2 Å². The van der Waals surface area contributed by atoms with Crippen molar-refractivity contribution in [3.63, 3.8) is 0 Å². The highest BCUT2D eigenvalue weighted by atomic mass is 32.2. The number of anilines is 1. The number of amides is 2. The lowest BCUT2D eigenvalue weighted by molar-refractivity contribution is -0.115. The lowest BCUT2D eigenvalue weighted by Gasteiger charge is -2.32. The van der Waals surface area contributed by atoms with Crippen molar-refractivity contribution in [2.45, 2.75) is 26.2 Å². The van der Waals surface area contributed by atoms with Crippen molar-refractivity contribution in [1.82, 2.24) is 4.90 Å². The van der Waals surface area contributed by atoms with Crippen molar-refractivity contribution in [2.24, 2.45) is 10.9 Å². The van der Waals surface area contributed by atoms with Crippen LogP contribution in [0, 0.1) is 5.92 Å². The topological polar surface area (TPSA) is 53.0 Å². The van der Waals surface area contributed by atoms with E-state index in [0.29, 0.717) is 22.9 Å². The van der Waals surface area contributed by atoms with Crippen molar-refractivity contribution >= 4 is 40.0 Å². The minimum atomic E-state index is -0.289. The van der Waals surface area contributed by atoms with Gasteiger partial charge in [0.15, 0.2) is 5.17 Å². The van der Waals surface area contributed by atoms with E-state index < -0.39 is 0 Å². The van der Waals surface area contributed by atoms with Gasteiger partial charge in [0.1, 0.15) is 0 Å². The van der Waals surface area contributed by atoms with Gasteiger partial charge in [0.2, 0.25) is 0 Å². The number of piperidine rings is 1. The standard InChI is InChI=1S/C25H25N3O2S/c1-2-28-20-11-7-6-10-19(20)21(24(28)30)22-23(29)26-25(31-22)27-14-12-18(13-15-27)16-17-8-4-3-5-9-17/h3-11,18H,2,12-16H2,1H3/b22-21-. The number of hydrogen-bond donors (Lipinski definition) is 0. The predicted octanol–water partition coefficient (Wildman–Crippen LogP) is 4.35. The van der Waals surface area contributed by atoms with Crippen LogP contribution in [-0.4, -0.2) is 41.5 Å². The molecular weight excluding hydrogens is 406 g/mol. The fourth-order valence-electron chi connectivity index (χ4n) is 4.68. The van der Waals surface area contributed by atoms with E-state index in [4.69, 9.17) is 0 Å². The number of hydrogen-bond acceptors (Lipinski definition) is 4. The maximum Gasteiger partial charge on any atom is 0.287 e. The van der Waals surface area contributed by atoms with Gasteiger partial charge < -0.3 is 9.80 Å². The molecule has 3 aliphatic heterocycles. The Morgan fingerprint density at radius 1 is 1.00 bits per heavy atom. The molecule has 3 heterocycles. The molecule has 1 fully saturated rings. The van der Waals surface area contributed by atoms with Crippen LogP contribution >= 0.6 is 11.8 Å². The molecule has 6 heteroatoms. The lowest BCUT2D eigenvalue weighted by atomic mass is 9.90. The second-order valence-electron chi connectivity index (χ2n) is 8.19. The fourth-order valence-corrected chi connectivity index (χ4v) is 5.73. The van der Waals surface area contributed by atoms with Crippen LogP contribution in [0.15, 0.2) is 64.5 Å². The highest BCUT2D eigenvalue weighted by Crippen LogP contribution is 2.43. The Labute approximate surface area is 186 Å². The molecule has 2 amide bonds. The molecule has 0 atom stereocenters. The Kier molecular flexibility index (Phi) is 5.40. The van der Waals surface area contributed by atoms with Crippen LogP contribution in [0.3, 0.4) is 0 Å². The second kappa shape index (κ2) is 8.35. The summed E-state index contributed by atoms with van der Waals surface area (Å²) in [6, 6.07) is 18.3. The Morgan fingerprint density at radius 3 is 2.45 bits per heavy atom. The molecule has 0 aliphatic carbocycles. The second-order valence-corrected chi connectivity index (χ2v) is 9.17. The van der Waals surface area contributed by atoms with Gasteiger partial charge in [0.25, 0.3) is 11.8 Å². The number of likely N-dealkylation sites (N-methyl/N-ethyl adjacent to an activating group) is 1. The van der Waals surface area contributed by atoms with E-state index in [0.717, 1.165) is 48.8 Å². The minimum Gasteiger partial charge on any atom is -0.351 e. The summed E-state index contributed by atoms with van der Waals surface area (Å²) < 4.78 is 0. The van der Waals surface area contributed by atoms with Gasteiger partial charge in [-0.3, -0.25) is 9.59 Å².